The Morgan fingerprint density at radius 1 is 1.31 bits per heavy atom. The van der Waals surface area contributed by atoms with Crippen LogP contribution in [0.2, 0.25) is 0 Å². The summed E-state index contributed by atoms with van der Waals surface area (Å²) >= 11 is 1.75. The van der Waals surface area contributed by atoms with Gasteiger partial charge in [-0.1, -0.05) is 26.8 Å². The van der Waals surface area contributed by atoms with E-state index in [4.69, 9.17) is 0 Å². The van der Waals surface area contributed by atoms with E-state index in [0.717, 1.165) is 10.5 Å². The maximum absolute atomic E-state index is 13.6. The van der Waals surface area contributed by atoms with Crippen LogP contribution in [-0.2, 0) is 6.54 Å². The first kappa shape index (κ1) is 13.5. The van der Waals surface area contributed by atoms with E-state index >= 15 is 0 Å². The largest absolute Gasteiger partial charge is 0.316 e. The molecule has 90 valence electrons. The van der Waals surface area contributed by atoms with Crippen LogP contribution in [0.15, 0.2) is 23.1 Å². The van der Waals surface area contributed by atoms with Gasteiger partial charge in [0, 0.05) is 22.3 Å². The summed E-state index contributed by atoms with van der Waals surface area (Å²) in [5, 5.41) is 3.51. The van der Waals surface area contributed by atoms with E-state index in [1.807, 2.05) is 13.1 Å². The molecule has 1 aromatic carbocycles. The first-order valence-electron chi connectivity index (χ1n) is 5.65. The van der Waals surface area contributed by atoms with Crippen LogP contribution in [-0.4, -0.2) is 12.3 Å². The summed E-state index contributed by atoms with van der Waals surface area (Å²) in [4.78, 5) is 1.05. The molecule has 0 bridgehead atoms. The van der Waals surface area contributed by atoms with Crippen molar-refractivity contribution in [2.45, 2.75) is 37.5 Å². The highest BCUT2D eigenvalue weighted by Crippen LogP contribution is 2.31. The molecule has 16 heavy (non-hydrogen) atoms. The van der Waals surface area contributed by atoms with Crippen LogP contribution in [0, 0.1) is 11.7 Å². The Balaban J connectivity index is 2.90. The lowest BCUT2D eigenvalue weighted by atomic mass is 10.2. The molecule has 0 spiro atoms. The fourth-order valence-electron chi connectivity index (χ4n) is 1.33. The maximum atomic E-state index is 13.6. The van der Waals surface area contributed by atoms with E-state index in [-0.39, 0.29) is 5.82 Å². The van der Waals surface area contributed by atoms with Gasteiger partial charge in [-0.2, -0.15) is 0 Å². The van der Waals surface area contributed by atoms with E-state index in [2.05, 4.69) is 26.1 Å². The number of nitrogens with one attached hydrogen (secondary N) is 1. The van der Waals surface area contributed by atoms with Crippen molar-refractivity contribution < 1.29 is 4.39 Å². The smallest absolute Gasteiger partial charge is 0.128 e. The van der Waals surface area contributed by atoms with Crippen LogP contribution in [0.3, 0.4) is 0 Å². The summed E-state index contributed by atoms with van der Waals surface area (Å²) < 4.78 is 13.6. The number of hydrogen-bond acceptors (Lipinski definition) is 2. The molecular weight excluding hydrogens is 221 g/mol. The third kappa shape index (κ3) is 3.49. The van der Waals surface area contributed by atoms with E-state index < -0.39 is 0 Å². The molecule has 1 rings (SSSR count). The summed E-state index contributed by atoms with van der Waals surface area (Å²) in [6.07, 6.45) is 0. The summed E-state index contributed by atoms with van der Waals surface area (Å²) in [6, 6.07) is 5.31. The van der Waals surface area contributed by atoms with Crippen LogP contribution >= 0.6 is 11.8 Å². The summed E-state index contributed by atoms with van der Waals surface area (Å²) in [6.45, 7) is 7.15. The van der Waals surface area contributed by atoms with Crippen molar-refractivity contribution in [3.05, 3.63) is 29.6 Å². The Bertz CT molecular complexity index is 339. The lowest BCUT2D eigenvalue weighted by Crippen LogP contribution is -2.11. The summed E-state index contributed by atoms with van der Waals surface area (Å²) in [5.74, 6) is 0.478. The Hall–Kier alpha value is -0.540. The topological polar surface area (TPSA) is 12.0 Å². The van der Waals surface area contributed by atoms with E-state index in [0.29, 0.717) is 17.7 Å². The highest BCUT2D eigenvalue weighted by Gasteiger charge is 2.13. The van der Waals surface area contributed by atoms with Gasteiger partial charge in [-0.05, 0) is 25.1 Å². The van der Waals surface area contributed by atoms with Crippen molar-refractivity contribution >= 4 is 11.8 Å². The molecule has 0 saturated carbocycles. The van der Waals surface area contributed by atoms with Crippen LogP contribution in [0.4, 0.5) is 4.39 Å². The Kier molecular flexibility index (Phi) is 5.29. The lowest BCUT2D eigenvalue weighted by Gasteiger charge is -2.17. The molecule has 0 fully saturated rings. The number of thioether (sulfide) groups is 1. The van der Waals surface area contributed by atoms with Gasteiger partial charge in [0.1, 0.15) is 5.82 Å². The highest BCUT2D eigenvalue weighted by atomic mass is 32.2. The zero-order valence-electron chi connectivity index (χ0n) is 10.4. The average molecular weight is 241 g/mol. The standard InChI is InChI=1S/C13H20FNS/c1-9(2)10(3)16-13-7-5-6-12(14)11(13)8-15-4/h5-7,9-10,15H,8H2,1-4H3. The normalized spacial score (nSPS) is 13.1. The number of benzene rings is 1. The minimum absolute atomic E-state index is 0.115. The first-order chi connectivity index (χ1) is 7.56. The minimum atomic E-state index is -0.115. The zero-order valence-corrected chi connectivity index (χ0v) is 11.2. The molecule has 3 heteroatoms. The molecule has 0 radical (unpaired) electrons. The van der Waals surface area contributed by atoms with Crippen molar-refractivity contribution in [1.29, 1.82) is 0 Å². The van der Waals surface area contributed by atoms with Crippen LogP contribution in [0.25, 0.3) is 0 Å². The average Bonchev–Trinajstić information content (AvgIpc) is 2.23. The Morgan fingerprint density at radius 2 is 2.00 bits per heavy atom. The number of halogens is 1. The van der Waals surface area contributed by atoms with Gasteiger partial charge in [0.25, 0.3) is 0 Å². The second-order valence-corrected chi connectivity index (χ2v) is 5.73. The Morgan fingerprint density at radius 3 is 2.56 bits per heavy atom. The molecule has 0 saturated heterocycles. The third-order valence-electron chi connectivity index (χ3n) is 2.68. The van der Waals surface area contributed by atoms with Gasteiger partial charge in [-0.3, -0.25) is 0 Å². The van der Waals surface area contributed by atoms with Gasteiger partial charge >= 0.3 is 0 Å². The lowest BCUT2D eigenvalue weighted by molar-refractivity contribution is 0.592. The van der Waals surface area contributed by atoms with Gasteiger partial charge in [-0.15, -0.1) is 11.8 Å². The van der Waals surface area contributed by atoms with Crippen molar-refractivity contribution in [2.75, 3.05) is 7.05 Å². The molecule has 0 heterocycles. The number of hydrogen-bond donors (Lipinski definition) is 1. The predicted octanol–water partition coefficient (Wildman–Crippen LogP) is 3.68. The number of rotatable bonds is 5. The quantitative estimate of drug-likeness (QED) is 0.789. The predicted molar refractivity (Wildman–Crippen MR) is 69.3 cm³/mol. The van der Waals surface area contributed by atoms with Crippen LogP contribution < -0.4 is 5.32 Å². The molecule has 0 aliphatic rings. The molecule has 1 N–H and O–H groups in total. The molecule has 0 aliphatic heterocycles. The van der Waals surface area contributed by atoms with Gasteiger partial charge in [0.05, 0.1) is 0 Å². The molecule has 1 nitrogen and oxygen atoms in total. The molecule has 1 unspecified atom stereocenters. The fourth-order valence-corrected chi connectivity index (χ4v) is 2.48. The molecule has 1 aromatic rings. The third-order valence-corrected chi connectivity index (χ3v) is 4.23. The highest BCUT2D eigenvalue weighted by molar-refractivity contribution is 8.00. The second kappa shape index (κ2) is 6.26. The van der Waals surface area contributed by atoms with Crippen molar-refractivity contribution in [3.63, 3.8) is 0 Å². The summed E-state index contributed by atoms with van der Waals surface area (Å²) in [5.41, 5.74) is 0.780. The summed E-state index contributed by atoms with van der Waals surface area (Å²) in [7, 11) is 1.84. The van der Waals surface area contributed by atoms with Crippen LogP contribution in [0.1, 0.15) is 26.3 Å². The molecule has 0 aliphatic carbocycles. The minimum Gasteiger partial charge on any atom is -0.316 e. The SMILES string of the molecule is CNCc1c(F)cccc1SC(C)C(C)C. The van der Waals surface area contributed by atoms with Gasteiger partial charge in [0.2, 0.25) is 0 Å². The van der Waals surface area contributed by atoms with Gasteiger partial charge in [0.15, 0.2) is 0 Å². The Labute approximate surface area is 102 Å². The van der Waals surface area contributed by atoms with E-state index in [1.54, 1.807) is 17.8 Å². The van der Waals surface area contributed by atoms with Crippen molar-refractivity contribution in [3.8, 4) is 0 Å². The van der Waals surface area contributed by atoms with E-state index in [9.17, 15) is 4.39 Å². The fraction of sp³-hybridized carbons (Fsp3) is 0.538. The van der Waals surface area contributed by atoms with Crippen molar-refractivity contribution in [1.82, 2.24) is 5.32 Å². The van der Waals surface area contributed by atoms with Gasteiger partial charge < -0.3 is 5.32 Å². The monoisotopic (exact) mass is 241 g/mol. The van der Waals surface area contributed by atoms with E-state index in [1.165, 1.54) is 6.07 Å². The van der Waals surface area contributed by atoms with Crippen molar-refractivity contribution in [2.24, 2.45) is 5.92 Å². The maximum Gasteiger partial charge on any atom is 0.128 e. The van der Waals surface area contributed by atoms with Crippen LogP contribution in [0.5, 0.6) is 0 Å². The zero-order chi connectivity index (χ0) is 12.1. The first-order valence-corrected chi connectivity index (χ1v) is 6.52. The molecular formula is C13H20FNS. The molecule has 0 amide bonds. The molecule has 1 atom stereocenters. The second-order valence-electron chi connectivity index (χ2n) is 4.31. The molecule has 0 aromatic heterocycles. The van der Waals surface area contributed by atoms with Gasteiger partial charge in [-0.25, -0.2) is 4.39 Å².